The van der Waals surface area contributed by atoms with Gasteiger partial charge < -0.3 is 15.3 Å². The molecule has 3 N–H and O–H groups in total. The van der Waals surface area contributed by atoms with E-state index in [0.717, 1.165) is 30.4 Å². The first-order valence-corrected chi connectivity index (χ1v) is 6.20. The maximum Gasteiger partial charge on any atom is 0.323 e. The second-order valence-corrected chi connectivity index (χ2v) is 4.30. The molecule has 0 saturated carbocycles. The van der Waals surface area contributed by atoms with Crippen LogP contribution in [0, 0.1) is 0 Å². The summed E-state index contributed by atoms with van der Waals surface area (Å²) in [6, 6.07) is 6.43. The first kappa shape index (κ1) is 11.9. The van der Waals surface area contributed by atoms with Crippen LogP contribution in [0.5, 0.6) is 0 Å². The highest BCUT2D eigenvalue weighted by molar-refractivity contribution is 5.75. The second-order valence-electron chi connectivity index (χ2n) is 4.30. The molecule has 0 fully saturated rings. The molecule has 0 spiro atoms. The molecule has 0 aliphatic rings. The Morgan fingerprint density at radius 2 is 2.00 bits per heavy atom. The smallest absolute Gasteiger partial charge is 0.310 e. The lowest BCUT2D eigenvalue weighted by atomic mass is 10.0. The number of imidazole rings is 1. The Kier molecular flexibility index (Phi) is 3.64. The van der Waals surface area contributed by atoms with Gasteiger partial charge in [0.25, 0.3) is 0 Å². The van der Waals surface area contributed by atoms with Gasteiger partial charge in [0.05, 0.1) is 11.0 Å². The lowest BCUT2D eigenvalue weighted by Gasteiger charge is -2.16. The number of benzene rings is 1. The number of fused-ring (bicyclic) bond motifs is 1. The lowest BCUT2D eigenvalue weighted by molar-refractivity contribution is 0.519. The van der Waals surface area contributed by atoms with Crippen molar-refractivity contribution in [2.75, 3.05) is 6.54 Å². The molecule has 2 rings (SSSR count). The molecule has 1 aromatic carbocycles. The normalized spacial score (nSPS) is 13.1. The molecule has 1 unspecified atom stereocenters. The largest absolute Gasteiger partial charge is 0.323 e. The number of hydrogen-bond acceptors (Lipinski definition) is 2. The summed E-state index contributed by atoms with van der Waals surface area (Å²) in [6.07, 6.45) is 2.17. The van der Waals surface area contributed by atoms with Crippen molar-refractivity contribution in [3.05, 3.63) is 34.2 Å². The predicted octanol–water partition coefficient (Wildman–Crippen LogP) is 2.31. The molecule has 4 heteroatoms. The molecule has 2 aromatic rings. The van der Waals surface area contributed by atoms with E-state index in [2.05, 4.69) is 35.2 Å². The minimum absolute atomic E-state index is 0.147. The van der Waals surface area contributed by atoms with E-state index in [9.17, 15) is 4.79 Å². The minimum Gasteiger partial charge on any atom is -0.310 e. The topological polar surface area (TPSA) is 60.7 Å². The Bertz CT molecular complexity index is 541. The third-order valence-electron chi connectivity index (χ3n) is 2.99. The van der Waals surface area contributed by atoms with Gasteiger partial charge in [-0.05, 0) is 37.1 Å². The summed E-state index contributed by atoms with van der Waals surface area (Å²) >= 11 is 0. The summed E-state index contributed by atoms with van der Waals surface area (Å²) in [7, 11) is 0. The van der Waals surface area contributed by atoms with Crippen LogP contribution in [0.1, 0.15) is 38.3 Å². The molecule has 92 valence electrons. The number of aromatic amines is 2. The Morgan fingerprint density at radius 1 is 1.24 bits per heavy atom. The maximum absolute atomic E-state index is 11.2. The first-order chi connectivity index (χ1) is 8.24. The van der Waals surface area contributed by atoms with Crippen molar-refractivity contribution in [3.63, 3.8) is 0 Å². The van der Waals surface area contributed by atoms with E-state index in [4.69, 9.17) is 0 Å². The van der Waals surface area contributed by atoms with Crippen molar-refractivity contribution in [1.29, 1.82) is 0 Å². The summed E-state index contributed by atoms with van der Waals surface area (Å²) in [5.41, 5.74) is 2.82. The summed E-state index contributed by atoms with van der Waals surface area (Å²) < 4.78 is 0. The average Bonchev–Trinajstić information content (AvgIpc) is 2.69. The van der Waals surface area contributed by atoms with E-state index in [1.807, 2.05) is 12.1 Å². The highest BCUT2D eigenvalue weighted by atomic mass is 16.1. The SMILES string of the molecule is CCCNC(CC)c1ccc2[nH]c(=O)[nH]c2c1. The van der Waals surface area contributed by atoms with E-state index in [1.54, 1.807) is 0 Å². The zero-order valence-corrected chi connectivity index (χ0v) is 10.3. The van der Waals surface area contributed by atoms with Crippen LogP contribution in [-0.2, 0) is 0 Å². The fraction of sp³-hybridized carbons (Fsp3) is 0.462. The number of hydrogen-bond donors (Lipinski definition) is 3. The maximum atomic E-state index is 11.2. The fourth-order valence-corrected chi connectivity index (χ4v) is 2.08. The fourth-order valence-electron chi connectivity index (χ4n) is 2.08. The van der Waals surface area contributed by atoms with Crippen molar-refractivity contribution in [1.82, 2.24) is 15.3 Å². The lowest BCUT2D eigenvalue weighted by Crippen LogP contribution is -2.21. The van der Waals surface area contributed by atoms with Crippen LogP contribution in [0.3, 0.4) is 0 Å². The van der Waals surface area contributed by atoms with Crippen LogP contribution in [0.25, 0.3) is 11.0 Å². The van der Waals surface area contributed by atoms with Gasteiger partial charge in [-0.1, -0.05) is 19.9 Å². The summed E-state index contributed by atoms with van der Waals surface area (Å²) in [6.45, 7) is 5.34. The van der Waals surface area contributed by atoms with Crippen LogP contribution >= 0.6 is 0 Å². The number of nitrogens with one attached hydrogen (secondary N) is 3. The molecule has 0 amide bonds. The Morgan fingerprint density at radius 3 is 2.71 bits per heavy atom. The van der Waals surface area contributed by atoms with Crippen LogP contribution in [0.4, 0.5) is 0 Å². The molecule has 0 saturated heterocycles. The highest BCUT2D eigenvalue weighted by Crippen LogP contribution is 2.19. The minimum atomic E-state index is -0.147. The van der Waals surface area contributed by atoms with Gasteiger partial charge in [0, 0.05) is 6.04 Å². The number of aromatic nitrogens is 2. The monoisotopic (exact) mass is 233 g/mol. The summed E-state index contributed by atoms with van der Waals surface area (Å²) in [4.78, 5) is 16.7. The van der Waals surface area contributed by atoms with Gasteiger partial charge in [0.2, 0.25) is 0 Å². The summed E-state index contributed by atoms with van der Waals surface area (Å²) in [5.74, 6) is 0. The van der Waals surface area contributed by atoms with E-state index in [0.29, 0.717) is 6.04 Å². The third kappa shape index (κ3) is 2.58. The van der Waals surface area contributed by atoms with Crippen molar-refractivity contribution >= 4 is 11.0 Å². The van der Waals surface area contributed by atoms with Crippen LogP contribution < -0.4 is 11.0 Å². The number of H-pyrrole nitrogens is 2. The molecule has 1 atom stereocenters. The molecule has 0 bridgehead atoms. The van der Waals surface area contributed by atoms with Crippen molar-refractivity contribution in [2.45, 2.75) is 32.7 Å². The molecule has 0 aliphatic carbocycles. The Labute approximate surface area is 100 Å². The predicted molar refractivity (Wildman–Crippen MR) is 70.2 cm³/mol. The van der Waals surface area contributed by atoms with Gasteiger partial charge >= 0.3 is 5.69 Å². The Hall–Kier alpha value is -1.55. The van der Waals surface area contributed by atoms with E-state index in [-0.39, 0.29) is 5.69 Å². The van der Waals surface area contributed by atoms with Crippen molar-refractivity contribution in [3.8, 4) is 0 Å². The molecule has 0 radical (unpaired) electrons. The van der Waals surface area contributed by atoms with E-state index in [1.165, 1.54) is 5.56 Å². The van der Waals surface area contributed by atoms with Crippen LogP contribution in [-0.4, -0.2) is 16.5 Å². The van der Waals surface area contributed by atoms with E-state index >= 15 is 0 Å². The summed E-state index contributed by atoms with van der Waals surface area (Å²) in [5, 5.41) is 3.50. The first-order valence-electron chi connectivity index (χ1n) is 6.20. The van der Waals surface area contributed by atoms with Gasteiger partial charge in [-0.25, -0.2) is 4.79 Å². The van der Waals surface area contributed by atoms with Crippen LogP contribution in [0.2, 0.25) is 0 Å². The van der Waals surface area contributed by atoms with Crippen molar-refractivity contribution in [2.24, 2.45) is 0 Å². The quantitative estimate of drug-likeness (QED) is 0.742. The molecule has 1 aromatic heterocycles. The van der Waals surface area contributed by atoms with Gasteiger partial charge in [0.15, 0.2) is 0 Å². The van der Waals surface area contributed by atoms with Gasteiger partial charge in [0.1, 0.15) is 0 Å². The van der Waals surface area contributed by atoms with Crippen molar-refractivity contribution < 1.29 is 0 Å². The molecule has 17 heavy (non-hydrogen) atoms. The number of rotatable bonds is 5. The molecule has 1 heterocycles. The second kappa shape index (κ2) is 5.19. The van der Waals surface area contributed by atoms with E-state index < -0.39 is 0 Å². The van der Waals surface area contributed by atoms with Crippen LogP contribution in [0.15, 0.2) is 23.0 Å². The zero-order chi connectivity index (χ0) is 12.3. The molecular formula is C13H19N3O. The highest BCUT2D eigenvalue weighted by Gasteiger charge is 2.09. The standard InChI is InChI=1S/C13H19N3O/c1-3-7-14-10(4-2)9-5-6-11-12(8-9)16-13(17)15-11/h5-6,8,10,14H,3-4,7H2,1-2H3,(H2,15,16,17). The third-order valence-corrected chi connectivity index (χ3v) is 2.99. The Balaban J connectivity index is 2.30. The van der Waals surface area contributed by atoms with Gasteiger partial charge in [-0.3, -0.25) is 0 Å². The van der Waals surface area contributed by atoms with Gasteiger partial charge in [-0.2, -0.15) is 0 Å². The zero-order valence-electron chi connectivity index (χ0n) is 10.3. The molecule has 0 aliphatic heterocycles. The van der Waals surface area contributed by atoms with Gasteiger partial charge in [-0.15, -0.1) is 0 Å². The molecular weight excluding hydrogens is 214 g/mol. The molecule has 4 nitrogen and oxygen atoms in total. The average molecular weight is 233 g/mol.